The molecule has 0 saturated carbocycles. The van der Waals surface area contributed by atoms with E-state index in [1.165, 1.54) is 24.3 Å². The predicted octanol–water partition coefficient (Wildman–Crippen LogP) is 5.40. The fraction of sp³-hybridized carbons (Fsp3) is 0.172. The van der Waals surface area contributed by atoms with Crippen LogP contribution in [0.3, 0.4) is 0 Å². The number of nitro benzene ring substituents is 2. The van der Waals surface area contributed by atoms with Crippen LogP contribution in [0, 0.1) is 20.2 Å². The van der Waals surface area contributed by atoms with E-state index in [0.29, 0.717) is 28.7 Å². The molecule has 1 aliphatic heterocycles. The summed E-state index contributed by atoms with van der Waals surface area (Å²) in [6.45, 7) is 1.89. The number of carbonyl (C=O) groups excluding carboxylic acids is 2. The maximum Gasteiger partial charge on any atom is 0.269 e. The number of piperidine rings is 1. The number of Topliss-reactive ketones (excluding diaryl/α,β-unsaturated/α-hetero) is 1. The van der Waals surface area contributed by atoms with Gasteiger partial charge in [-0.3, -0.25) is 29.8 Å². The SMILES string of the molecule is CC1/C(=C\c2ccc([N+](=O)[O-])cc2)C(=O)/C(=C/c2ccc([N+](=O)[O-])cc2)CN1C(=O)CCc1ccccc1. The van der Waals surface area contributed by atoms with Crippen LogP contribution in [0.1, 0.15) is 30.0 Å². The van der Waals surface area contributed by atoms with Crippen LogP contribution in [0.25, 0.3) is 12.2 Å². The van der Waals surface area contributed by atoms with Crippen molar-refractivity contribution in [2.45, 2.75) is 25.8 Å². The van der Waals surface area contributed by atoms with E-state index >= 15 is 0 Å². The van der Waals surface area contributed by atoms with Gasteiger partial charge in [0.25, 0.3) is 11.4 Å². The Bertz CT molecular complexity index is 1430. The molecule has 3 aromatic carbocycles. The van der Waals surface area contributed by atoms with E-state index in [-0.39, 0.29) is 36.0 Å². The molecule has 1 amide bonds. The van der Waals surface area contributed by atoms with Crippen molar-refractivity contribution in [1.82, 2.24) is 4.90 Å². The molecule has 9 heteroatoms. The third-order valence-electron chi connectivity index (χ3n) is 6.47. The summed E-state index contributed by atoms with van der Waals surface area (Å²) >= 11 is 0. The fourth-order valence-electron chi connectivity index (χ4n) is 4.34. The number of aryl methyl sites for hydroxylation is 1. The molecule has 192 valence electrons. The van der Waals surface area contributed by atoms with Gasteiger partial charge in [0.05, 0.1) is 22.4 Å². The number of benzene rings is 3. The van der Waals surface area contributed by atoms with Crippen molar-refractivity contribution < 1.29 is 19.4 Å². The smallest absolute Gasteiger partial charge is 0.269 e. The standard InChI is InChI=1S/C29H25N3O6/c1-20-27(18-23-9-14-26(15-10-23)32(37)38)29(34)24(17-22-7-12-25(13-8-22)31(35)36)19-30(20)28(33)16-11-21-5-3-2-4-6-21/h2-10,12-15,17-18,20H,11,16,19H2,1H3/b24-17+,27-18+. The van der Waals surface area contributed by atoms with Crippen LogP contribution in [-0.2, 0) is 16.0 Å². The average molecular weight is 512 g/mol. The molecule has 1 fully saturated rings. The number of amides is 1. The van der Waals surface area contributed by atoms with Crippen LogP contribution in [0.5, 0.6) is 0 Å². The molecular formula is C29H25N3O6. The largest absolute Gasteiger partial charge is 0.331 e. The second-order valence-corrected chi connectivity index (χ2v) is 8.98. The maximum absolute atomic E-state index is 13.6. The predicted molar refractivity (Wildman–Crippen MR) is 143 cm³/mol. The van der Waals surface area contributed by atoms with Crippen molar-refractivity contribution in [3.8, 4) is 0 Å². The molecular weight excluding hydrogens is 486 g/mol. The Morgan fingerprint density at radius 2 is 1.39 bits per heavy atom. The molecule has 1 atom stereocenters. The van der Waals surface area contributed by atoms with E-state index in [1.54, 1.807) is 48.2 Å². The van der Waals surface area contributed by atoms with Gasteiger partial charge in [0.15, 0.2) is 5.78 Å². The molecule has 0 aliphatic carbocycles. The quantitative estimate of drug-likeness (QED) is 0.238. The number of rotatable bonds is 7. The highest BCUT2D eigenvalue weighted by atomic mass is 16.6. The van der Waals surface area contributed by atoms with Gasteiger partial charge in [0.1, 0.15) is 0 Å². The molecule has 0 bridgehead atoms. The van der Waals surface area contributed by atoms with E-state index in [1.807, 2.05) is 30.3 Å². The monoisotopic (exact) mass is 511 g/mol. The van der Waals surface area contributed by atoms with Gasteiger partial charge in [0.2, 0.25) is 5.91 Å². The van der Waals surface area contributed by atoms with Gasteiger partial charge in [-0.15, -0.1) is 0 Å². The molecule has 0 N–H and O–H groups in total. The highest BCUT2D eigenvalue weighted by Crippen LogP contribution is 2.29. The molecule has 0 aromatic heterocycles. The first-order valence-electron chi connectivity index (χ1n) is 12.0. The summed E-state index contributed by atoms with van der Waals surface area (Å²) in [7, 11) is 0. The van der Waals surface area contributed by atoms with Gasteiger partial charge in [-0.2, -0.15) is 0 Å². The minimum absolute atomic E-state index is 0.0628. The van der Waals surface area contributed by atoms with Crippen molar-refractivity contribution in [2.24, 2.45) is 0 Å². The minimum Gasteiger partial charge on any atom is -0.331 e. The maximum atomic E-state index is 13.6. The third-order valence-corrected chi connectivity index (χ3v) is 6.47. The number of nitrogens with zero attached hydrogens (tertiary/aromatic N) is 3. The van der Waals surface area contributed by atoms with Gasteiger partial charge in [-0.05, 0) is 66.5 Å². The zero-order valence-corrected chi connectivity index (χ0v) is 20.7. The number of carbonyl (C=O) groups is 2. The van der Waals surface area contributed by atoms with Crippen LogP contribution in [0.2, 0.25) is 0 Å². The third kappa shape index (κ3) is 6.07. The number of non-ortho nitro benzene ring substituents is 2. The Balaban J connectivity index is 1.67. The highest BCUT2D eigenvalue weighted by Gasteiger charge is 2.34. The van der Waals surface area contributed by atoms with Crippen molar-refractivity contribution in [3.05, 3.63) is 127 Å². The van der Waals surface area contributed by atoms with E-state index in [0.717, 1.165) is 5.56 Å². The molecule has 1 heterocycles. The number of ketones is 1. The summed E-state index contributed by atoms with van der Waals surface area (Å²) in [4.78, 5) is 49.5. The van der Waals surface area contributed by atoms with Crippen molar-refractivity contribution in [1.29, 1.82) is 0 Å². The van der Waals surface area contributed by atoms with E-state index in [2.05, 4.69) is 0 Å². The number of nitro groups is 2. The number of likely N-dealkylation sites (tertiary alicyclic amines) is 1. The lowest BCUT2D eigenvalue weighted by atomic mass is 9.88. The van der Waals surface area contributed by atoms with Crippen LogP contribution >= 0.6 is 0 Å². The van der Waals surface area contributed by atoms with Gasteiger partial charge in [-0.1, -0.05) is 30.3 Å². The number of hydrogen-bond acceptors (Lipinski definition) is 6. The molecule has 1 aliphatic rings. The Morgan fingerprint density at radius 3 is 1.92 bits per heavy atom. The lowest BCUT2D eigenvalue weighted by Crippen LogP contribution is -2.47. The zero-order chi connectivity index (χ0) is 27.2. The molecule has 38 heavy (non-hydrogen) atoms. The fourth-order valence-corrected chi connectivity index (χ4v) is 4.34. The molecule has 0 radical (unpaired) electrons. The second-order valence-electron chi connectivity index (χ2n) is 8.98. The Labute approximate surface area is 219 Å². The number of hydrogen-bond donors (Lipinski definition) is 0. The first-order chi connectivity index (χ1) is 18.2. The van der Waals surface area contributed by atoms with Crippen molar-refractivity contribution >= 4 is 35.2 Å². The summed E-state index contributed by atoms with van der Waals surface area (Å²) in [6.07, 6.45) is 4.11. The first kappa shape index (κ1) is 26.2. The van der Waals surface area contributed by atoms with Crippen molar-refractivity contribution in [2.75, 3.05) is 6.54 Å². The normalized spacial score (nSPS) is 17.6. The summed E-state index contributed by atoms with van der Waals surface area (Å²) < 4.78 is 0. The van der Waals surface area contributed by atoms with Crippen LogP contribution < -0.4 is 0 Å². The van der Waals surface area contributed by atoms with E-state index in [9.17, 15) is 29.8 Å². The second kappa shape index (κ2) is 11.4. The molecule has 3 aromatic rings. The van der Waals surface area contributed by atoms with Gasteiger partial charge in [-0.25, -0.2) is 0 Å². The Kier molecular flexibility index (Phi) is 7.86. The minimum atomic E-state index is -0.519. The van der Waals surface area contributed by atoms with Crippen molar-refractivity contribution in [3.63, 3.8) is 0 Å². The van der Waals surface area contributed by atoms with Crippen LogP contribution in [-0.4, -0.2) is 39.0 Å². The van der Waals surface area contributed by atoms with Gasteiger partial charge >= 0.3 is 0 Å². The summed E-state index contributed by atoms with van der Waals surface area (Å²) in [5, 5.41) is 22.0. The topological polar surface area (TPSA) is 124 Å². The summed E-state index contributed by atoms with van der Waals surface area (Å²) in [6, 6.07) is 20.8. The first-order valence-corrected chi connectivity index (χ1v) is 12.0. The lowest BCUT2D eigenvalue weighted by molar-refractivity contribution is -0.385. The molecule has 1 saturated heterocycles. The van der Waals surface area contributed by atoms with Crippen LogP contribution in [0.15, 0.2) is 90.0 Å². The molecule has 1 unspecified atom stereocenters. The van der Waals surface area contributed by atoms with Crippen LogP contribution in [0.4, 0.5) is 11.4 Å². The highest BCUT2D eigenvalue weighted by molar-refractivity contribution is 6.16. The van der Waals surface area contributed by atoms with Gasteiger partial charge in [0, 0.05) is 41.8 Å². The Hall–Kier alpha value is -4.92. The summed E-state index contributed by atoms with van der Waals surface area (Å²) in [5.41, 5.74) is 2.85. The molecule has 0 spiro atoms. The average Bonchev–Trinajstić information content (AvgIpc) is 2.92. The summed E-state index contributed by atoms with van der Waals surface area (Å²) in [5.74, 6) is -0.362. The molecule has 9 nitrogen and oxygen atoms in total. The Morgan fingerprint density at radius 1 is 0.868 bits per heavy atom. The van der Waals surface area contributed by atoms with Gasteiger partial charge < -0.3 is 4.90 Å². The van der Waals surface area contributed by atoms with E-state index in [4.69, 9.17) is 0 Å². The van der Waals surface area contributed by atoms with E-state index < -0.39 is 15.9 Å². The molecule has 4 rings (SSSR count). The zero-order valence-electron chi connectivity index (χ0n) is 20.7. The lowest BCUT2D eigenvalue weighted by Gasteiger charge is -2.36.